The Morgan fingerprint density at radius 1 is 1.14 bits per heavy atom. The zero-order valence-corrected chi connectivity index (χ0v) is 13.4. The molecule has 0 amide bonds. The van der Waals surface area contributed by atoms with Crippen LogP contribution in [0.3, 0.4) is 0 Å². The molecule has 0 spiro atoms. The molecule has 112 valence electrons. The third kappa shape index (κ3) is 3.32. The van der Waals surface area contributed by atoms with Crippen molar-refractivity contribution < 1.29 is 4.74 Å². The number of hydrogen-bond acceptors (Lipinski definition) is 3. The van der Waals surface area contributed by atoms with Crippen LogP contribution in [0.15, 0.2) is 41.2 Å². The van der Waals surface area contributed by atoms with E-state index in [0.29, 0.717) is 18.9 Å². The number of rotatable bonds is 6. The van der Waals surface area contributed by atoms with E-state index >= 15 is 0 Å². The third-order valence-electron chi connectivity index (χ3n) is 3.36. The second-order valence-corrected chi connectivity index (χ2v) is 5.11. The summed E-state index contributed by atoms with van der Waals surface area (Å²) in [6.45, 7) is 5.34. The average Bonchev–Trinajstić information content (AvgIpc) is 2.53. The maximum Gasteiger partial charge on any atom is 0.255 e. The topological polar surface area (TPSA) is 31.2 Å². The molecule has 2 aromatic rings. The molecule has 0 N–H and O–H groups in total. The Hall–Kier alpha value is -1.68. The Balaban J connectivity index is 2.57. The second-order valence-electron chi connectivity index (χ2n) is 4.80. The molecule has 0 fully saturated rings. The van der Waals surface area contributed by atoms with Crippen molar-refractivity contribution in [3.8, 4) is 17.0 Å². The third-order valence-corrected chi connectivity index (χ3v) is 3.70. The highest BCUT2D eigenvalue weighted by atomic mass is 32.1. The Bertz CT molecular complexity index is 664. The van der Waals surface area contributed by atoms with Crippen LogP contribution in [0.4, 0.5) is 0 Å². The van der Waals surface area contributed by atoms with Crippen LogP contribution in [-0.4, -0.2) is 11.2 Å². The zero-order valence-electron chi connectivity index (χ0n) is 12.5. The summed E-state index contributed by atoms with van der Waals surface area (Å²) in [5.74, 6) is 1.27. The van der Waals surface area contributed by atoms with Crippen LogP contribution in [0, 0.1) is 0 Å². The van der Waals surface area contributed by atoms with Gasteiger partial charge in [0.25, 0.3) is 5.56 Å². The molecule has 1 aromatic carbocycles. The van der Waals surface area contributed by atoms with Crippen molar-refractivity contribution in [1.29, 1.82) is 0 Å². The predicted molar refractivity (Wildman–Crippen MR) is 90.3 cm³/mol. The van der Waals surface area contributed by atoms with E-state index < -0.39 is 0 Å². The zero-order chi connectivity index (χ0) is 15.2. The predicted octanol–water partition coefficient (Wildman–Crippen LogP) is 3.75. The van der Waals surface area contributed by atoms with Crippen LogP contribution < -0.4 is 10.3 Å². The number of pyridine rings is 1. The minimum absolute atomic E-state index is 0.0234. The van der Waals surface area contributed by atoms with Gasteiger partial charge in [-0.2, -0.15) is 12.6 Å². The largest absolute Gasteiger partial charge is 0.493 e. The molecule has 0 aliphatic heterocycles. The number of nitrogens with zero attached hydrogens (tertiary/aromatic N) is 1. The van der Waals surface area contributed by atoms with Gasteiger partial charge in [-0.1, -0.05) is 25.1 Å². The monoisotopic (exact) mass is 303 g/mol. The molecule has 1 heterocycles. The summed E-state index contributed by atoms with van der Waals surface area (Å²) in [6, 6.07) is 11.7. The first kappa shape index (κ1) is 15.7. The standard InChI is InChI=1S/C17H21NO2S/c1-3-11-20-16-8-6-5-7-14(16)15-10-9-13(12-21)17(19)18(15)4-2/h5-10,21H,3-4,11-12H2,1-2H3. The summed E-state index contributed by atoms with van der Waals surface area (Å²) < 4.78 is 7.58. The van der Waals surface area contributed by atoms with Gasteiger partial charge in [-0.25, -0.2) is 0 Å². The number of para-hydroxylation sites is 1. The first-order valence-corrected chi connectivity index (χ1v) is 7.91. The van der Waals surface area contributed by atoms with E-state index in [1.165, 1.54) is 0 Å². The lowest BCUT2D eigenvalue weighted by molar-refractivity contribution is 0.318. The Labute approximate surface area is 131 Å². The first-order valence-electron chi connectivity index (χ1n) is 7.28. The highest BCUT2D eigenvalue weighted by Crippen LogP contribution is 2.29. The Kier molecular flexibility index (Phi) is 5.51. The molecule has 4 heteroatoms. The number of ether oxygens (including phenoxy) is 1. The minimum Gasteiger partial charge on any atom is -0.493 e. The van der Waals surface area contributed by atoms with Gasteiger partial charge in [0.1, 0.15) is 5.75 Å². The maximum absolute atomic E-state index is 12.4. The van der Waals surface area contributed by atoms with Crippen LogP contribution in [0.2, 0.25) is 0 Å². The van der Waals surface area contributed by atoms with Crippen LogP contribution >= 0.6 is 12.6 Å². The van der Waals surface area contributed by atoms with Crippen LogP contribution in [-0.2, 0) is 12.3 Å². The van der Waals surface area contributed by atoms with E-state index in [0.717, 1.165) is 29.0 Å². The summed E-state index contributed by atoms with van der Waals surface area (Å²) in [5, 5.41) is 0. The summed E-state index contributed by atoms with van der Waals surface area (Å²) in [6.07, 6.45) is 0.952. The van der Waals surface area contributed by atoms with Crippen molar-refractivity contribution in [2.45, 2.75) is 32.6 Å². The average molecular weight is 303 g/mol. The van der Waals surface area contributed by atoms with Crippen molar-refractivity contribution in [3.05, 3.63) is 52.3 Å². The lowest BCUT2D eigenvalue weighted by Gasteiger charge is -2.16. The SMILES string of the molecule is CCCOc1ccccc1-c1ccc(CS)c(=O)n1CC. The molecule has 0 unspecified atom stereocenters. The first-order chi connectivity index (χ1) is 10.2. The second kappa shape index (κ2) is 7.36. The molecule has 0 aliphatic rings. The fourth-order valence-corrected chi connectivity index (χ4v) is 2.55. The summed E-state index contributed by atoms with van der Waals surface area (Å²) in [4.78, 5) is 12.4. The molecule has 0 saturated heterocycles. The number of aromatic nitrogens is 1. The molecular weight excluding hydrogens is 282 g/mol. The van der Waals surface area contributed by atoms with Gasteiger partial charge >= 0.3 is 0 Å². The molecule has 0 aliphatic carbocycles. The van der Waals surface area contributed by atoms with Gasteiger partial charge in [-0.05, 0) is 31.5 Å². The molecule has 0 saturated carbocycles. The van der Waals surface area contributed by atoms with Gasteiger partial charge in [0.15, 0.2) is 0 Å². The van der Waals surface area contributed by atoms with Gasteiger partial charge in [0.05, 0.1) is 12.3 Å². The van der Waals surface area contributed by atoms with Crippen molar-refractivity contribution in [2.24, 2.45) is 0 Å². The smallest absolute Gasteiger partial charge is 0.255 e. The molecular formula is C17H21NO2S. The molecule has 3 nitrogen and oxygen atoms in total. The summed E-state index contributed by atoms with van der Waals surface area (Å²) in [5.41, 5.74) is 2.58. The van der Waals surface area contributed by atoms with E-state index in [4.69, 9.17) is 4.74 Å². The highest BCUT2D eigenvalue weighted by Gasteiger charge is 2.12. The quantitative estimate of drug-likeness (QED) is 0.824. The van der Waals surface area contributed by atoms with Crippen LogP contribution in [0.25, 0.3) is 11.3 Å². The summed E-state index contributed by atoms with van der Waals surface area (Å²) in [7, 11) is 0. The lowest BCUT2D eigenvalue weighted by atomic mass is 10.1. The Morgan fingerprint density at radius 3 is 2.57 bits per heavy atom. The Morgan fingerprint density at radius 2 is 1.90 bits per heavy atom. The van der Waals surface area contributed by atoms with Crippen molar-refractivity contribution in [3.63, 3.8) is 0 Å². The van der Waals surface area contributed by atoms with E-state index in [1.807, 2.05) is 43.3 Å². The maximum atomic E-state index is 12.4. The van der Waals surface area contributed by atoms with E-state index in [1.54, 1.807) is 4.57 Å². The van der Waals surface area contributed by atoms with Gasteiger partial charge in [-0.3, -0.25) is 4.79 Å². The number of benzene rings is 1. The van der Waals surface area contributed by atoms with E-state index in [2.05, 4.69) is 19.6 Å². The van der Waals surface area contributed by atoms with Gasteiger partial charge in [-0.15, -0.1) is 0 Å². The highest BCUT2D eigenvalue weighted by molar-refractivity contribution is 7.79. The van der Waals surface area contributed by atoms with Crippen molar-refractivity contribution in [2.75, 3.05) is 6.61 Å². The molecule has 21 heavy (non-hydrogen) atoms. The van der Waals surface area contributed by atoms with Gasteiger partial charge in [0, 0.05) is 23.4 Å². The normalized spacial score (nSPS) is 10.6. The van der Waals surface area contributed by atoms with E-state index in [9.17, 15) is 4.79 Å². The molecule has 0 atom stereocenters. The van der Waals surface area contributed by atoms with Crippen LogP contribution in [0.1, 0.15) is 25.8 Å². The van der Waals surface area contributed by atoms with E-state index in [-0.39, 0.29) is 5.56 Å². The number of hydrogen-bond donors (Lipinski definition) is 1. The molecule has 0 radical (unpaired) electrons. The fourth-order valence-electron chi connectivity index (χ4n) is 2.31. The summed E-state index contributed by atoms with van der Waals surface area (Å²) >= 11 is 4.22. The van der Waals surface area contributed by atoms with Gasteiger partial charge in [0.2, 0.25) is 0 Å². The van der Waals surface area contributed by atoms with Crippen LogP contribution in [0.5, 0.6) is 5.75 Å². The minimum atomic E-state index is 0.0234. The molecule has 0 bridgehead atoms. The molecule has 1 aromatic heterocycles. The lowest BCUT2D eigenvalue weighted by Crippen LogP contribution is -2.23. The molecule has 2 rings (SSSR count). The fraction of sp³-hybridized carbons (Fsp3) is 0.353. The van der Waals surface area contributed by atoms with Crippen molar-refractivity contribution >= 4 is 12.6 Å². The number of thiol groups is 1. The van der Waals surface area contributed by atoms with Gasteiger partial charge < -0.3 is 9.30 Å². The van der Waals surface area contributed by atoms with Crippen molar-refractivity contribution in [1.82, 2.24) is 4.57 Å².